The molecule has 1 heterocycles. The lowest BCUT2D eigenvalue weighted by Gasteiger charge is -2.19. The largest absolute Gasteiger partial charge is 0.454 e. The number of nitrogens with zero attached hydrogens (tertiary/aromatic N) is 2. The molecule has 2 atom stereocenters. The number of fused-ring (bicyclic) bond motifs is 1. The smallest absolute Gasteiger partial charge is 0.326 e. The van der Waals surface area contributed by atoms with Crippen LogP contribution >= 0.6 is 0 Å². The van der Waals surface area contributed by atoms with Gasteiger partial charge >= 0.3 is 5.97 Å². The molecule has 3 amide bonds. The first kappa shape index (κ1) is 18.1. The lowest BCUT2D eigenvalue weighted by atomic mass is 9.81. The van der Waals surface area contributed by atoms with E-state index in [-0.39, 0.29) is 23.7 Å². The Labute approximate surface area is 151 Å². The molecule has 3 rings (SSSR count). The van der Waals surface area contributed by atoms with Crippen LogP contribution in [-0.2, 0) is 23.9 Å². The van der Waals surface area contributed by atoms with Crippen LogP contribution < -0.4 is 4.90 Å². The van der Waals surface area contributed by atoms with Crippen LogP contribution in [0.25, 0.3) is 0 Å². The second-order valence-corrected chi connectivity index (χ2v) is 6.71. The van der Waals surface area contributed by atoms with E-state index in [1.165, 1.54) is 4.90 Å². The standard InChI is InChI=1S/C19H22N2O5/c1-20(13-7-3-2-4-8-13)16(22)12-26-17(23)11-21-18(24)14-9-5-6-10-15(14)19(21)25/h2-4,7-8,14-15H,5-6,9-12H2,1H3/t14-,15-/m1/s1. The highest BCUT2D eigenvalue weighted by atomic mass is 16.5. The molecule has 1 aliphatic heterocycles. The minimum atomic E-state index is -0.750. The van der Waals surface area contributed by atoms with E-state index in [1.54, 1.807) is 31.3 Å². The van der Waals surface area contributed by atoms with Crippen molar-refractivity contribution in [3.05, 3.63) is 30.3 Å². The normalized spacial score (nSPS) is 22.1. The summed E-state index contributed by atoms with van der Waals surface area (Å²) in [6.45, 7) is -0.861. The number of amides is 3. The van der Waals surface area contributed by atoms with Gasteiger partial charge in [-0.2, -0.15) is 0 Å². The molecule has 1 aliphatic carbocycles. The van der Waals surface area contributed by atoms with Crippen molar-refractivity contribution in [1.82, 2.24) is 4.90 Å². The van der Waals surface area contributed by atoms with Crippen LogP contribution in [0.4, 0.5) is 5.69 Å². The Morgan fingerprint density at radius 2 is 1.65 bits per heavy atom. The van der Waals surface area contributed by atoms with Crippen molar-refractivity contribution in [2.45, 2.75) is 25.7 Å². The predicted molar refractivity (Wildman–Crippen MR) is 93.0 cm³/mol. The Balaban J connectivity index is 1.52. The van der Waals surface area contributed by atoms with E-state index in [0.717, 1.165) is 17.7 Å². The molecule has 2 aliphatic rings. The number of anilines is 1. The molecule has 0 spiro atoms. The van der Waals surface area contributed by atoms with Crippen LogP contribution in [0.15, 0.2) is 30.3 Å². The molecule has 0 bridgehead atoms. The SMILES string of the molecule is CN(C(=O)COC(=O)CN1C(=O)[C@@H]2CCCC[C@H]2C1=O)c1ccccc1. The molecule has 138 valence electrons. The van der Waals surface area contributed by atoms with Crippen molar-refractivity contribution in [2.75, 3.05) is 25.1 Å². The maximum Gasteiger partial charge on any atom is 0.326 e. The third kappa shape index (κ3) is 3.61. The van der Waals surface area contributed by atoms with Gasteiger partial charge in [-0.15, -0.1) is 0 Å². The molecule has 7 heteroatoms. The van der Waals surface area contributed by atoms with Crippen molar-refractivity contribution in [1.29, 1.82) is 0 Å². The number of hydrogen-bond acceptors (Lipinski definition) is 5. The van der Waals surface area contributed by atoms with Gasteiger partial charge in [0.2, 0.25) is 11.8 Å². The molecule has 0 radical (unpaired) electrons. The summed E-state index contributed by atoms with van der Waals surface area (Å²) in [5.41, 5.74) is 0.683. The average molecular weight is 358 g/mol. The Morgan fingerprint density at radius 1 is 1.08 bits per heavy atom. The first-order valence-corrected chi connectivity index (χ1v) is 8.81. The van der Waals surface area contributed by atoms with E-state index in [2.05, 4.69) is 0 Å². The monoisotopic (exact) mass is 358 g/mol. The summed E-state index contributed by atoms with van der Waals surface area (Å²) >= 11 is 0. The zero-order chi connectivity index (χ0) is 18.7. The summed E-state index contributed by atoms with van der Waals surface area (Å²) in [6, 6.07) is 8.97. The van der Waals surface area contributed by atoms with Gasteiger partial charge in [0.1, 0.15) is 6.54 Å². The summed E-state index contributed by atoms with van der Waals surface area (Å²) in [5.74, 6) is -2.31. The zero-order valence-corrected chi connectivity index (χ0v) is 14.7. The maximum atomic E-state index is 12.3. The van der Waals surface area contributed by atoms with Crippen molar-refractivity contribution in [2.24, 2.45) is 11.8 Å². The molecule has 2 fully saturated rings. The Bertz CT molecular complexity index is 694. The molecule has 1 aromatic rings. The number of esters is 1. The third-order valence-corrected chi connectivity index (χ3v) is 5.09. The second-order valence-electron chi connectivity index (χ2n) is 6.71. The fraction of sp³-hybridized carbons (Fsp3) is 0.474. The maximum absolute atomic E-state index is 12.3. The van der Waals surface area contributed by atoms with Gasteiger partial charge in [0.15, 0.2) is 6.61 Å². The van der Waals surface area contributed by atoms with Gasteiger partial charge in [-0.1, -0.05) is 31.0 Å². The average Bonchev–Trinajstić information content (AvgIpc) is 2.91. The number of carbonyl (C=O) groups is 4. The second kappa shape index (κ2) is 7.68. The van der Waals surface area contributed by atoms with Gasteiger partial charge in [0.05, 0.1) is 11.8 Å². The molecule has 1 saturated carbocycles. The lowest BCUT2D eigenvalue weighted by molar-refractivity contribution is -0.154. The fourth-order valence-corrected chi connectivity index (χ4v) is 3.60. The van der Waals surface area contributed by atoms with Crippen LogP contribution in [0.2, 0.25) is 0 Å². The lowest BCUT2D eigenvalue weighted by Crippen LogP contribution is -2.38. The van der Waals surface area contributed by atoms with Gasteiger partial charge in [-0.25, -0.2) is 0 Å². The highest BCUT2D eigenvalue weighted by molar-refractivity contribution is 6.07. The molecule has 26 heavy (non-hydrogen) atoms. The van der Waals surface area contributed by atoms with E-state index in [4.69, 9.17) is 4.74 Å². The summed E-state index contributed by atoms with van der Waals surface area (Å²) in [5, 5.41) is 0. The molecular weight excluding hydrogens is 336 g/mol. The van der Waals surface area contributed by atoms with Crippen LogP contribution in [0.5, 0.6) is 0 Å². The van der Waals surface area contributed by atoms with Gasteiger partial charge in [-0.3, -0.25) is 24.1 Å². The number of likely N-dealkylation sites (tertiary alicyclic amines) is 1. The molecule has 7 nitrogen and oxygen atoms in total. The molecule has 0 N–H and O–H groups in total. The van der Waals surface area contributed by atoms with E-state index in [1.807, 2.05) is 6.07 Å². The molecule has 0 unspecified atom stereocenters. The van der Waals surface area contributed by atoms with Crippen molar-refractivity contribution in [3.8, 4) is 0 Å². The summed E-state index contributed by atoms with van der Waals surface area (Å²) in [6.07, 6.45) is 3.25. The number of likely N-dealkylation sites (N-methyl/N-ethyl adjacent to an activating group) is 1. The summed E-state index contributed by atoms with van der Waals surface area (Å²) in [4.78, 5) is 51.2. The molecule has 1 aromatic carbocycles. The van der Waals surface area contributed by atoms with Crippen LogP contribution in [0.1, 0.15) is 25.7 Å². The molecular formula is C19H22N2O5. The number of hydrogen-bond donors (Lipinski definition) is 0. The number of benzene rings is 1. The van der Waals surface area contributed by atoms with Gasteiger partial charge in [0.25, 0.3) is 5.91 Å². The molecule has 1 saturated heterocycles. The Hall–Kier alpha value is -2.70. The third-order valence-electron chi connectivity index (χ3n) is 5.09. The zero-order valence-electron chi connectivity index (χ0n) is 14.7. The number of carbonyl (C=O) groups excluding carboxylic acids is 4. The van der Waals surface area contributed by atoms with Crippen molar-refractivity contribution >= 4 is 29.4 Å². The van der Waals surface area contributed by atoms with Crippen LogP contribution in [-0.4, -0.2) is 48.8 Å². The number of rotatable bonds is 5. The predicted octanol–water partition coefficient (Wildman–Crippen LogP) is 1.37. The van der Waals surface area contributed by atoms with E-state index < -0.39 is 25.0 Å². The van der Waals surface area contributed by atoms with Gasteiger partial charge in [-0.05, 0) is 25.0 Å². The van der Waals surface area contributed by atoms with Gasteiger partial charge in [0, 0.05) is 12.7 Å². The number of imide groups is 1. The highest BCUT2D eigenvalue weighted by Gasteiger charge is 2.48. The Morgan fingerprint density at radius 3 is 2.23 bits per heavy atom. The van der Waals surface area contributed by atoms with E-state index in [9.17, 15) is 19.2 Å². The first-order valence-electron chi connectivity index (χ1n) is 8.81. The minimum absolute atomic E-state index is 0.288. The van der Waals surface area contributed by atoms with Crippen molar-refractivity contribution in [3.63, 3.8) is 0 Å². The van der Waals surface area contributed by atoms with Crippen LogP contribution in [0, 0.1) is 11.8 Å². The number of para-hydroxylation sites is 1. The fourth-order valence-electron chi connectivity index (χ4n) is 3.60. The van der Waals surface area contributed by atoms with E-state index >= 15 is 0 Å². The van der Waals surface area contributed by atoms with Crippen molar-refractivity contribution < 1.29 is 23.9 Å². The van der Waals surface area contributed by atoms with E-state index in [0.29, 0.717) is 18.5 Å². The highest BCUT2D eigenvalue weighted by Crippen LogP contribution is 2.37. The Kier molecular flexibility index (Phi) is 5.35. The quantitative estimate of drug-likeness (QED) is 0.586. The number of ether oxygens (including phenoxy) is 1. The summed E-state index contributed by atoms with van der Waals surface area (Å²) in [7, 11) is 1.59. The van der Waals surface area contributed by atoms with Crippen LogP contribution in [0.3, 0.4) is 0 Å². The topological polar surface area (TPSA) is 84.0 Å². The molecule has 0 aromatic heterocycles. The summed E-state index contributed by atoms with van der Waals surface area (Å²) < 4.78 is 4.98. The van der Waals surface area contributed by atoms with Gasteiger partial charge < -0.3 is 9.64 Å². The minimum Gasteiger partial charge on any atom is -0.454 e. The first-order chi connectivity index (χ1) is 12.5.